The van der Waals surface area contributed by atoms with Gasteiger partial charge >= 0.3 is 0 Å². The number of nitrogens with two attached hydrogens (primary N) is 2. The smallest absolute Gasteiger partial charge is 0.203 e. The van der Waals surface area contributed by atoms with Gasteiger partial charge in [-0.1, -0.05) is 12.2 Å². The Morgan fingerprint density at radius 1 is 0.708 bits per heavy atom. The number of hydrogen-bond donors (Lipinski definition) is 2. The highest BCUT2D eigenvalue weighted by molar-refractivity contribution is 5.84. The molecule has 0 atom stereocenters. The first kappa shape index (κ1) is 17.3. The summed E-state index contributed by atoms with van der Waals surface area (Å²) < 4.78 is 21.2. The molecule has 2 rings (SSSR count). The molecule has 0 amide bonds. The Labute approximate surface area is 141 Å². The standard InChI is InChI=1S/C18H22N2O4/c1-21-13-8-7-12(16(19)17(13)20)6-5-11-9-14(22-2)18(24-4)15(10-11)23-3/h5-10H,19-20H2,1-4H3/b6-5+. The third-order valence-corrected chi connectivity index (χ3v) is 3.64. The van der Waals surface area contributed by atoms with Crippen molar-refractivity contribution >= 4 is 23.5 Å². The van der Waals surface area contributed by atoms with Gasteiger partial charge in [-0.25, -0.2) is 0 Å². The molecule has 2 aromatic rings. The van der Waals surface area contributed by atoms with Crippen molar-refractivity contribution in [2.24, 2.45) is 0 Å². The average molecular weight is 330 g/mol. The van der Waals surface area contributed by atoms with Crippen molar-refractivity contribution in [1.29, 1.82) is 0 Å². The van der Waals surface area contributed by atoms with Crippen molar-refractivity contribution in [3.05, 3.63) is 35.4 Å². The number of methoxy groups -OCH3 is 4. The Bertz CT molecular complexity index is 732. The lowest BCUT2D eigenvalue weighted by Gasteiger charge is -2.13. The van der Waals surface area contributed by atoms with Crippen LogP contribution in [0.5, 0.6) is 23.0 Å². The molecule has 0 aliphatic heterocycles. The van der Waals surface area contributed by atoms with Gasteiger partial charge in [0.05, 0.1) is 39.8 Å². The van der Waals surface area contributed by atoms with Crippen molar-refractivity contribution in [1.82, 2.24) is 0 Å². The Kier molecular flexibility index (Phi) is 5.42. The summed E-state index contributed by atoms with van der Waals surface area (Å²) in [7, 11) is 6.27. The molecule has 0 fully saturated rings. The Balaban J connectivity index is 2.41. The molecule has 6 nitrogen and oxygen atoms in total. The van der Waals surface area contributed by atoms with Crippen LogP contribution >= 0.6 is 0 Å². The van der Waals surface area contributed by atoms with Gasteiger partial charge in [0.1, 0.15) is 5.75 Å². The van der Waals surface area contributed by atoms with Crippen molar-refractivity contribution < 1.29 is 18.9 Å². The Morgan fingerprint density at radius 3 is 1.79 bits per heavy atom. The minimum atomic E-state index is 0.421. The van der Waals surface area contributed by atoms with E-state index >= 15 is 0 Å². The molecule has 0 heterocycles. The van der Waals surface area contributed by atoms with Crippen LogP contribution in [0.3, 0.4) is 0 Å². The Hall–Kier alpha value is -3.02. The van der Waals surface area contributed by atoms with Gasteiger partial charge in [0, 0.05) is 0 Å². The van der Waals surface area contributed by atoms with E-state index in [1.54, 1.807) is 34.5 Å². The first-order valence-electron chi connectivity index (χ1n) is 7.25. The van der Waals surface area contributed by atoms with Gasteiger partial charge < -0.3 is 30.4 Å². The van der Waals surface area contributed by atoms with E-state index in [1.165, 1.54) is 0 Å². The summed E-state index contributed by atoms with van der Waals surface area (Å²) in [6, 6.07) is 7.32. The van der Waals surface area contributed by atoms with Crippen LogP contribution < -0.4 is 30.4 Å². The second-order valence-electron chi connectivity index (χ2n) is 4.98. The highest BCUT2D eigenvalue weighted by Gasteiger charge is 2.12. The highest BCUT2D eigenvalue weighted by atomic mass is 16.5. The summed E-state index contributed by atoms with van der Waals surface area (Å²) in [5.41, 5.74) is 14.6. The molecule has 0 spiro atoms. The summed E-state index contributed by atoms with van der Waals surface area (Å²) >= 11 is 0. The molecule has 2 aromatic carbocycles. The summed E-state index contributed by atoms with van der Waals surface area (Å²) in [6.07, 6.45) is 3.76. The zero-order valence-electron chi connectivity index (χ0n) is 14.3. The predicted octanol–water partition coefficient (Wildman–Crippen LogP) is 3.06. The molecule has 128 valence electrons. The van der Waals surface area contributed by atoms with Crippen LogP contribution in [-0.2, 0) is 0 Å². The molecular formula is C18H22N2O4. The van der Waals surface area contributed by atoms with Gasteiger partial charge in [-0.3, -0.25) is 0 Å². The van der Waals surface area contributed by atoms with Crippen LogP contribution in [-0.4, -0.2) is 28.4 Å². The molecule has 0 saturated carbocycles. The molecule has 0 bridgehead atoms. The maximum Gasteiger partial charge on any atom is 0.203 e. The normalized spacial score (nSPS) is 10.7. The molecule has 4 N–H and O–H groups in total. The van der Waals surface area contributed by atoms with Crippen molar-refractivity contribution in [2.75, 3.05) is 39.9 Å². The minimum absolute atomic E-state index is 0.421. The van der Waals surface area contributed by atoms with E-state index in [-0.39, 0.29) is 0 Å². The zero-order chi connectivity index (χ0) is 17.7. The van der Waals surface area contributed by atoms with E-state index in [9.17, 15) is 0 Å². The van der Waals surface area contributed by atoms with Gasteiger partial charge in [-0.05, 0) is 35.4 Å². The lowest BCUT2D eigenvalue weighted by Crippen LogP contribution is -2.00. The molecule has 0 aromatic heterocycles. The van der Waals surface area contributed by atoms with Crippen LogP contribution in [0.1, 0.15) is 11.1 Å². The van der Waals surface area contributed by atoms with E-state index in [1.807, 2.05) is 30.4 Å². The largest absolute Gasteiger partial charge is 0.495 e. The molecule has 24 heavy (non-hydrogen) atoms. The second kappa shape index (κ2) is 7.50. The highest BCUT2D eigenvalue weighted by Crippen LogP contribution is 2.39. The molecule has 0 aliphatic rings. The second-order valence-corrected chi connectivity index (χ2v) is 4.98. The van der Waals surface area contributed by atoms with Crippen LogP contribution in [0.2, 0.25) is 0 Å². The zero-order valence-corrected chi connectivity index (χ0v) is 14.3. The summed E-state index contributed by atoms with van der Waals surface area (Å²) in [4.78, 5) is 0. The van der Waals surface area contributed by atoms with Crippen LogP contribution in [0.15, 0.2) is 24.3 Å². The lowest BCUT2D eigenvalue weighted by molar-refractivity contribution is 0.324. The SMILES string of the molecule is COc1ccc(/C=C/c2cc(OC)c(OC)c(OC)c2)c(N)c1N. The van der Waals surface area contributed by atoms with Crippen molar-refractivity contribution in [3.63, 3.8) is 0 Å². The van der Waals surface area contributed by atoms with E-state index < -0.39 is 0 Å². The average Bonchev–Trinajstić information content (AvgIpc) is 2.61. The third kappa shape index (κ3) is 3.32. The van der Waals surface area contributed by atoms with Crippen LogP contribution in [0, 0.1) is 0 Å². The van der Waals surface area contributed by atoms with Crippen molar-refractivity contribution in [2.45, 2.75) is 0 Å². The monoisotopic (exact) mass is 330 g/mol. The molecular weight excluding hydrogens is 308 g/mol. The quantitative estimate of drug-likeness (QED) is 0.625. The van der Waals surface area contributed by atoms with Gasteiger partial charge in [0.2, 0.25) is 5.75 Å². The predicted molar refractivity (Wildman–Crippen MR) is 96.8 cm³/mol. The van der Waals surface area contributed by atoms with Crippen molar-refractivity contribution in [3.8, 4) is 23.0 Å². The fraction of sp³-hybridized carbons (Fsp3) is 0.222. The minimum Gasteiger partial charge on any atom is -0.495 e. The van der Waals surface area contributed by atoms with E-state index in [4.69, 9.17) is 30.4 Å². The molecule has 0 unspecified atom stereocenters. The lowest BCUT2D eigenvalue weighted by atomic mass is 10.1. The number of benzene rings is 2. The summed E-state index contributed by atoms with van der Waals surface area (Å²) in [5, 5.41) is 0. The molecule has 0 saturated heterocycles. The van der Waals surface area contributed by atoms with Gasteiger partial charge in [0.15, 0.2) is 11.5 Å². The summed E-state index contributed by atoms with van der Waals surface area (Å²) in [5.74, 6) is 2.26. The number of nitrogen functional groups attached to an aromatic ring is 2. The molecule has 0 aliphatic carbocycles. The van der Waals surface area contributed by atoms with Crippen LogP contribution in [0.25, 0.3) is 12.2 Å². The van der Waals surface area contributed by atoms with Gasteiger partial charge in [-0.15, -0.1) is 0 Å². The fourth-order valence-corrected chi connectivity index (χ4v) is 2.34. The number of rotatable bonds is 6. The van der Waals surface area contributed by atoms with E-state index in [2.05, 4.69) is 0 Å². The number of ether oxygens (including phenoxy) is 4. The maximum absolute atomic E-state index is 6.06. The number of hydrogen-bond acceptors (Lipinski definition) is 6. The summed E-state index contributed by atoms with van der Waals surface area (Å²) in [6.45, 7) is 0. The van der Waals surface area contributed by atoms with E-state index in [0.717, 1.165) is 11.1 Å². The van der Waals surface area contributed by atoms with E-state index in [0.29, 0.717) is 34.4 Å². The first-order chi connectivity index (χ1) is 11.5. The first-order valence-corrected chi connectivity index (χ1v) is 7.25. The fourth-order valence-electron chi connectivity index (χ4n) is 2.34. The molecule has 0 radical (unpaired) electrons. The van der Waals surface area contributed by atoms with Gasteiger partial charge in [-0.2, -0.15) is 0 Å². The Morgan fingerprint density at radius 2 is 1.29 bits per heavy atom. The van der Waals surface area contributed by atoms with Crippen LogP contribution in [0.4, 0.5) is 11.4 Å². The molecule has 6 heteroatoms. The third-order valence-electron chi connectivity index (χ3n) is 3.64. The number of anilines is 2. The van der Waals surface area contributed by atoms with Gasteiger partial charge in [0.25, 0.3) is 0 Å². The topological polar surface area (TPSA) is 89.0 Å². The maximum atomic E-state index is 6.06.